The molecule has 2 rings (SSSR count). The van der Waals surface area contributed by atoms with Gasteiger partial charge in [0.2, 0.25) is 0 Å². The molecule has 0 aromatic heterocycles. The number of carbonyl (C=O) groups excluding carboxylic acids is 1. The highest BCUT2D eigenvalue weighted by molar-refractivity contribution is 5.95. The van der Waals surface area contributed by atoms with E-state index in [-0.39, 0.29) is 23.6 Å². The van der Waals surface area contributed by atoms with Crippen LogP contribution in [0.2, 0.25) is 0 Å². The second kappa shape index (κ2) is 4.96. The number of amides is 1. The summed E-state index contributed by atoms with van der Waals surface area (Å²) in [5.74, 6) is -0.767. The highest BCUT2D eigenvalue weighted by atomic mass is 19.1. The Balaban J connectivity index is 2.29. The Hall–Kier alpha value is -1.58. The highest BCUT2D eigenvalue weighted by Crippen LogP contribution is 2.25. The van der Waals surface area contributed by atoms with Crippen LogP contribution >= 0.6 is 0 Å². The summed E-state index contributed by atoms with van der Waals surface area (Å²) in [4.78, 5) is 14.2. The monoisotopic (exact) mass is 250 g/mol. The number of likely N-dealkylation sites (tertiary alicyclic amines) is 1. The molecule has 0 unspecified atom stereocenters. The quantitative estimate of drug-likeness (QED) is 0.779. The molecule has 0 saturated carbocycles. The van der Waals surface area contributed by atoms with Gasteiger partial charge in [-0.2, -0.15) is 0 Å². The van der Waals surface area contributed by atoms with Gasteiger partial charge in [0.1, 0.15) is 5.82 Å². The third kappa shape index (κ3) is 2.33. The molecule has 1 saturated heterocycles. The van der Waals surface area contributed by atoms with Crippen LogP contribution in [-0.4, -0.2) is 22.9 Å². The van der Waals surface area contributed by atoms with Crippen molar-refractivity contribution in [3.63, 3.8) is 0 Å². The SMILES string of the molecule is C[C@@H]1CCC[C@H](C)N1C(=O)c1ccc(N)cc1F. The Morgan fingerprint density at radius 3 is 2.50 bits per heavy atom. The van der Waals surface area contributed by atoms with Crippen LogP contribution in [0.15, 0.2) is 18.2 Å². The largest absolute Gasteiger partial charge is 0.399 e. The maximum atomic E-state index is 13.8. The lowest BCUT2D eigenvalue weighted by Crippen LogP contribution is -2.47. The number of anilines is 1. The minimum atomic E-state index is -0.537. The lowest BCUT2D eigenvalue weighted by atomic mass is 9.96. The number of hydrogen-bond donors (Lipinski definition) is 1. The zero-order chi connectivity index (χ0) is 13.3. The van der Waals surface area contributed by atoms with Gasteiger partial charge in [0.15, 0.2) is 0 Å². The third-order valence-corrected chi connectivity index (χ3v) is 3.65. The minimum absolute atomic E-state index is 0.116. The van der Waals surface area contributed by atoms with Crippen molar-refractivity contribution < 1.29 is 9.18 Å². The summed E-state index contributed by atoms with van der Waals surface area (Å²) in [5, 5.41) is 0. The Morgan fingerprint density at radius 2 is 1.94 bits per heavy atom. The van der Waals surface area contributed by atoms with E-state index in [0.29, 0.717) is 5.69 Å². The maximum Gasteiger partial charge on any atom is 0.257 e. The first-order valence-electron chi connectivity index (χ1n) is 6.38. The van der Waals surface area contributed by atoms with E-state index in [0.717, 1.165) is 19.3 Å². The molecule has 1 aromatic carbocycles. The summed E-state index contributed by atoms with van der Waals surface area (Å²) >= 11 is 0. The van der Waals surface area contributed by atoms with Crippen molar-refractivity contribution in [1.82, 2.24) is 4.90 Å². The van der Waals surface area contributed by atoms with E-state index in [1.54, 1.807) is 11.0 Å². The zero-order valence-corrected chi connectivity index (χ0v) is 10.8. The minimum Gasteiger partial charge on any atom is -0.399 e. The fraction of sp³-hybridized carbons (Fsp3) is 0.500. The van der Waals surface area contributed by atoms with Gasteiger partial charge in [-0.3, -0.25) is 4.79 Å². The van der Waals surface area contributed by atoms with Gasteiger partial charge >= 0.3 is 0 Å². The Morgan fingerprint density at radius 1 is 1.33 bits per heavy atom. The topological polar surface area (TPSA) is 46.3 Å². The van der Waals surface area contributed by atoms with E-state index in [1.165, 1.54) is 12.1 Å². The summed E-state index contributed by atoms with van der Waals surface area (Å²) in [6.07, 6.45) is 3.08. The number of carbonyl (C=O) groups is 1. The molecule has 0 bridgehead atoms. The molecule has 98 valence electrons. The fourth-order valence-corrected chi connectivity index (χ4v) is 2.67. The van der Waals surface area contributed by atoms with Crippen LogP contribution in [0.3, 0.4) is 0 Å². The van der Waals surface area contributed by atoms with E-state index in [2.05, 4.69) is 0 Å². The van der Waals surface area contributed by atoms with E-state index < -0.39 is 5.82 Å². The van der Waals surface area contributed by atoms with Gasteiger partial charge < -0.3 is 10.6 Å². The molecule has 1 amide bonds. The number of benzene rings is 1. The van der Waals surface area contributed by atoms with Gasteiger partial charge in [-0.15, -0.1) is 0 Å². The third-order valence-electron chi connectivity index (χ3n) is 3.65. The molecular formula is C14H19FN2O. The molecule has 3 nitrogen and oxygen atoms in total. The van der Waals surface area contributed by atoms with Crippen LogP contribution in [0.4, 0.5) is 10.1 Å². The molecule has 18 heavy (non-hydrogen) atoms. The van der Waals surface area contributed by atoms with Gasteiger partial charge in [-0.1, -0.05) is 0 Å². The van der Waals surface area contributed by atoms with Gasteiger partial charge in [-0.05, 0) is 51.3 Å². The molecule has 0 aliphatic carbocycles. The zero-order valence-electron chi connectivity index (χ0n) is 10.8. The normalized spacial score (nSPS) is 24.1. The summed E-state index contributed by atoms with van der Waals surface area (Å²) in [6, 6.07) is 4.57. The Labute approximate surface area is 107 Å². The number of hydrogen-bond acceptors (Lipinski definition) is 2. The smallest absolute Gasteiger partial charge is 0.257 e. The molecule has 1 heterocycles. The van der Waals surface area contributed by atoms with Crippen LogP contribution < -0.4 is 5.73 Å². The molecule has 1 aliphatic rings. The van der Waals surface area contributed by atoms with Gasteiger partial charge in [0, 0.05) is 17.8 Å². The van der Waals surface area contributed by atoms with Crippen molar-refractivity contribution in [3.8, 4) is 0 Å². The first kappa shape index (κ1) is 12.9. The average molecular weight is 250 g/mol. The molecule has 4 heteroatoms. The number of rotatable bonds is 1. The number of nitrogen functional groups attached to an aromatic ring is 1. The van der Waals surface area contributed by atoms with E-state index >= 15 is 0 Å². The van der Waals surface area contributed by atoms with Crippen LogP contribution in [0.5, 0.6) is 0 Å². The summed E-state index contributed by atoms with van der Waals surface area (Å²) < 4.78 is 13.8. The first-order valence-corrected chi connectivity index (χ1v) is 6.38. The van der Waals surface area contributed by atoms with Crippen LogP contribution in [0.1, 0.15) is 43.5 Å². The van der Waals surface area contributed by atoms with Gasteiger partial charge in [-0.25, -0.2) is 4.39 Å². The lowest BCUT2D eigenvalue weighted by molar-refractivity contribution is 0.0506. The predicted molar refractivity (Wildman–Crippen MR) is 69.8 cm³/mol. The second-order valence-electron chi connectivity index (χ2n) is 5.08. The Bertz CT molecular complexity index is 451. The van der Waals surface area contributed by atoms with Gasteiger partial charge in [0.05, 0.1) is 5.56 Å². The standard InChI is InChI=1S/C14H19FN2O/c1-9-4-3-5-10(2)17(9)14(18)12-7-6-11(16)8-13(12)15/h6-10H,3-5,16H2,1-2H3/t9-,10+. The number of piperidine rings is 1. The fourth-order valence-electron chi connectivity index (χ4n) is 2.67. The molecule has 0 spiro atoms. The predicted octanol–water partition coefficient (Wildman–Crippen LogP) is 2.81. The summed E-state index contributed by atoms with van der Waals surface area (Å²) in [6.45, 7) is 4.03. The molecule has 2 atom stereocenters. The number of nitrogens with two attached hydrogens (primary N) is 1. The number of halogens is 1. The van der Waals surface area contributed by atoms with E-state index in [4.69, 9.17) is 5.73 Å². The molecule has 1 fully saturated rings. The first-order chi connectivity index (χ1) is 8.50. The van der Waals surface area contributed by atoms with E-state index in [9.17, 15) is 9.18 Å². The van der Waals surface area contributed by atoms with Crippen molar-refractivity contribution in [3.05, 3.63) is 29.6 Å². The summed E-state index contributed by atoms with van der Waals surface area (Å²) in [7, 11) is 0. The summed E-state index contributed by atoms with van der Waals surface area (Å²) in [5.41, 5.74) is 5.95. The van der Waals surface area contributed by atoms with Gasteiger partial charge in [0.25, 0.3) is 5.91 Å². The molecule has 2 N–H and O–H groups in total. The highest BCUT2D eigenvalue weighted by Gasteiger charge is 2.30. The van der Waals surface area contributed by atoms with Crippen molar-refractivity contribution in [2.24, 2.45) is 0 Å². The molecular weight excluding hydrogens is 231 g/mol. The second-order valence-corrected chi connectivity index (χ2v) is 5.08. The van der Waals surface area contributed by atoms with Crippen molar-refractivity contribution in [2.45, 2.75) is 45.2 Å². The van der Waals surface area contributed by atoms with Crippen molar-refractivity contribution in [2.75, 3.05) is 5.73 Å². The molecule has 1 aliphatic heterocycles. The van der Waals surface area contributed by atoms with Crippen LogP contribution in [0, 0.1) is 5.82 Å². The molecule has 0 radical (unpaired) electrons. The number of nitrogens with zero attached hydrogens (tertiary/aromatic N) is 1. The maximum absolute atomic E-state index is 13.8. The average Bonchev–Trinajstić information content (AvgIpc) is 2.28. The lowest BCUT2D eigenvalue weighted by Gasteiger charge is -2.39. The molecule has 1 aromatic rings. The van der Waals surface area contributed by atoms with Crippen molar-refractivity contribution >= 4 is 11.6 Å². The van der Waals surface area contributed by atoms with Crippen molar-refractivity contribution in [1.29, 1.82) is 0 Å². The Kier molecular flexibility index (Phi) is 3.55. The van der Waals surface area contributed by atoms with Crippen LogP contribution in [0.25, 0.3) is 0 Å². The van der Waals surface area contributed by atoms with E-state index in [1.807, 2.05) is 13.8 Å². The van der Waals surface area contributed by atoms with Crippen LogP contribution in [-0.2, 0) is 0 Å².